The first-order chi connectivity index (χ1) is 18.6. The van der Waals surface area contributed by atoms with E-state index < -0.39 is 60.9 Å². The van der Waals surface area contributed by atoms with Crippen molar-refractivity contribution >= 4 is 30.2 Å². The number of carbonyl (C=O) groups is 1. The van der Waals surface area contributed by atoms with E-state index in [-0.39, 0.29) is 19.0 Å². The van der Waals surface area contributed by atoms with Gasteiger partial charge < -0.3 is 24.3 Å². The topological polar surface area (TPSA) is 134 Å². The molecule has 3 atom stereocenters. The van der Waals surface area contributed by atoms with E-state index in [2.05, 4.69) is 20.0 Å². The minimum atomic E-state index is -4.93. The highest BCUT2D eigenvalue weighted by atomic mass is 31.2. The Morgan fingerprint density at radius 3 is 2.60 bits per heavy atom. The molecule has 0 aliphatic heterocycles. The monoisotopic (exact) mass is 588 g/mol. The zero-order valence-corrected chi connectivity index (χ0v) is 23.5. The number of halogens is 4. The number of nitrogens with two attached hydrogens (primary N) is 1. The molecule has 0 amide bonds. The maximum atomic E-state index is 14.2. The maximum Gasteiger partial charge on any atom is 0.408 e. The van der Waals surface area contributed by atoms with E-state index in [1.807, 2.05) is 0 Å². The molecule has 1 unspecified atom stereocenters. The van der Waals surface area contributed by atoms with Crippen molar-refractivity contribution < 1.29 is 36.4 Å². The van der Waals surface area contributed by atoms with Crippen LogP contribution in [0.4, 0.5) is 23.4 Å². The van der Waals surface area contributed by atoms with E-state index in [1.165, 1.54) is 26.5 Å². The van der Waals surface area contributed by atoms with Gasteiger partial charge in [-0.2, -0.15) is 13.2 Å². The van der Waals surface area contributed by atoms with Crippen LogP contribution in [-0.4, -0.2) is 56.9 Å². The average molecular weight is 589 g/mol. The van der Waals surface area contributed by atoms with Crippen LogP contribution in [0.3, 0.4) is 0 Å². The number of nitrogens with zero attached hydrogens (tertiary/aromatic N) is 4. The van der Waals surface area contributed by atoms with Gasteiger partial charge in [-0.3, -0.25) is 4.79 Å². The van der Waals surface area contributed by atoms with Gasteiger partial charge in [0.1, 0.15) is 30.1 Å². The quantitative estimate of drug-likeness (QED) is 0.160. The van der Waals surface area contributed by atoms with E-state index in [9.17, 15) is 26.9 Å². The second-order valence-corrected chi connectivity index (χ2v) is 12.8. The van der Waals surface area contributed by atoms with Crippen molar-refractivity contribution in [1.29, 1.82) is 0 Å². The van der Waals surface area contributed by atoms with Crippen molar-refractivity contribution in [3.05, 3.63) is 48.3 Å². The lowest BCUT2D eigenvalue weighted by molar-refractivity contribution is -0.153. The number of esters is 1. The van der Waals surface area contributed by atoms with Crippen LogP contribution in [0.15, 0.2) is 36.9 Å². The number of nitrogens with one attached hydrogen (secondary N) is 1. The Morgan fingerprint density at radius 2 is 1.95 bits per heavy atom. The molecule has 15 heteroatoms. The summed E-state index contributed by atoms with van der Waals surface area (Å²) in [6.45, 7) is 6.56. The lowest BCUT2D eigenvalue weighted by atomic mass is 9.97. The summed E-state index contributed by atoms with van der Waals surface area (Å²) in [5.74, 6) is -1.41. The van der Waals surface area contributed by atoms with Gasteiger partial charge >= 0.3 is 12.1 Å². The number of aromatic nitrogens is 4. The van der Waals surface area contributed by atoms with Crippen LogP contribution >= 0.6 is 7.29 Å². The fraction of sp³-hybridized carbons (Fsp3) is 0.520. The van der Waals surface area contributed by atoms with Crippen LogP contribution in [-0.2, 0) is 25.4 Å². The molecule has 3 aromatic rings. The van der Waals surface area contributed by atoms with Gasteiger partial charge in [0.15, 0.2) is 18.8 Å². The molecule has 0 bridgehead atoms. The van der Waals surface area contributed by atoms with E-state index in [1.54, 1.807) is 18.4 Å². The van der Waals surface area contributed by atoms with Crippen molar-refractivity contribution in [2.45, 2.75) is 59.0 Å². The maximum absolute atomic E-state index is 14.2. The number of hydrogen-bond donors (Lipinski definition) is 2. The molecule has 0 fully saturated rings. The van der Waals surface area contributed by atoms with E-state index in [0.29, 0.717) is 17.6 Å². The van der Waals surface area contributed by atoms with Crippen molar-refractivity contribution in [1.82, 2.24) is 24.6 Å². The highest BCUT2D eigenvalue weighted by molar-refractivity contribution is 7.61. The number of benzene rings is 1. The summed E-state index contributed by atoms with van der Waals surface area (Å²) in [6.07, 6.45) is -3.49. The van der Waals surface area contributed by atoms with E-state index >= 15 is 0 Å². The predicted molar refractivity (Wildman–Crippen MR) is 141 cm³/mol. The average Bonchev–Trinajstić information content (AvgIpc) is 3.27. The summed E-state index contributed by atoms with van der Waals surface area (Å²) in [6, 6.07) is 1.46. The Labute approximate surface area is 229 Å². The van der Waals surface area contributed by atoms with Crippen molar-refractivity contribution in [2.75, 3.05) is 24.9 Å². The standard InChI is InChI=1S/C25H33F4N6O4P/c1-5-9-38-23(36)24(3,4)12-40(37,34-20(25(27,28)29)17-7-6-8-18(26)10-17)15-39-16(2)11-35-14-33-19-21(30)31-13-32-22(19)35/h6-8,10,13-14,16,20H,5,9,11-12,15H2,1-4H3,(H,34,37)(H2,30,31,32)/t16-,20-,40?/m1/s1. The zero-order chi connectivity index (χ0) is 29.7. The number of alkyl halides is 3. The minimum absolute atomic E-state index is 0.106. The Bertz CT molecular complexity index is 1370. The Morgan fingerprint density at radius 1 is 1.23 bits per heavy atom. The number of fused-ring (bicyclic) bond motifs is 1. The highest BCUT2D eigenvalue weighted by Crippen LogP contribution is 2.51. The SMILES string of the molecule is CCCOC(=O)C(C)(C)CP(=O)(CO[C@H](C)Cn1cnc2c(N)ncnc21)N[C@H](c1cccc(F)c1)C(F)(F)F. The molecule has 220 valence electrons. The molecule has 2 heterocycles. The summed E-state index contributed by atoms with van der Waals surface area (Å²) < 4.78 is 83.2. The van der Waals surface area contributed by atoms with Crippen molar-refractivity contribution in [3.8, 4) is 0 Å². The summed E-state index contributed by atoms with van der Waals surface area (Å²) in [5.41, 5.74) is 4.73. The summed E-state index contributed by atoms with van der Waals surface area (Å²) >= 11 is 0. The zero-order valence-electron chi connectivity index (χ0n) is 22.6. The fourth-order valence-electron chi connectivity index (χ4n) is 4.09. The molecule has 10 nitrogen and oxygen atoms in total. The molecule has 0 saturated heterocycles. The summed E-state index contributed by atoms with van der Waals surface area (Å²) in [4.78, 5) is 24.9. The predicted octanol–water partition coefficient (Wildman–Crippen LogP) is 5.06. The van der Waals surface area contributed by atoms with Crippen LogP contribution in [0.25, 0.3) is 11.2 Å². The third-order valence-electron chi connectivity index (χ3n) is 5.97. The normalized spacial score (nSPS) is 15.5. The van der Waals surface area contributed by atoms with Crippen molar-refractivity contribution in [3.63, 3.8) is 0 Å². The smallest absolute Gasteiger partial charge is 0.408 e. The molecule has 3 rings (SSSR count). The van der Waals surface area contributed by atoms with Crippen LogP contribution < -0.4 is 10.8 Å². The molecule has 0 aliphatic carbocycles. The molecular formula is C25H33F4N6O4P. The molecule has 1 aromatic carbocycles. The Balaban J connectivity index is 1.87. The Hall–Kier alpha value is -3.09. The molecule has 3 N–H and O–H groups in total. The lowest BCUT2D eigenvalue weighted by Gasteiger charge is -2.33. The first-order valence-electron chi connectivity index (χ1n) is 12.5. The van der Waals surface area contributed by atoms with Crippen LogP contribution in [0.5, 0.6) is 0 Å². The minimum Gasteiger partial charge on any atom is -0.465 e. The first-order valence-corrected chi connectivity index (χ1v) is 14.6. The van der Waals surface area contributed by atoms with Gasteiger partial charge in [-0.1, -0.05) is 19.1 Å². The van der Waals surface area contributed by atoms with E-state index in [0.717, 1.165) is 24.3 Å². The number of hydrogen-bond acceptors (Lipinski definition) is 8. The van der Waals surface area contributed by atoms with Gasteiger partial charge in [0, 0.05) is 6.16 Å². The fourth-order valence-corrected chi connectivity index (χ4v) is 7.01. The van der Waals surface area contributed by atoms with Crippen LogP contribution in [0, 0.1) is 11.2 Å². The van der Waals surface area contributed by atoms with Gasteiger partial charge in [-0.15, -0.1) is 0 Å². The number of ether oxygens (including phenoxy) is 2. The second kappa shape index (κ2) is 12.6. The van der Waals surface area contributed by atoms with Crippen molar-refractivity contribution in [2.24, 2.45) is 5.41 Å². The molecule has 2 aromatic heterocycles. The number of nitrogen functional groups attached to an aromatic ring is 1. The molecule has 0 aliphatic rings. The van der Waals surface area contributed by atoms with Gasteiger partial charge in [0.2, 0.25) is 0 Å². The number of imidazole rings is 1. The van der Waals surface area contributed by atoms with Crippen LogP contribution in [0.2, 0.25) is 0 Å². The number of rotatable bonds is 13. The van der Waals surface area contributed by atoms with Crippen LogP contribution in [0.1, 0.15) is 45.7 Å². The lowest BCUT2D eigenvalue weighted by Crippen LogP contribution is -2.38. The molecule has 0 radical (unpaired) electrons. The number of anilines is 1. The Kier molecular flexibility index (Phi) is 9.91. The van der Waals surface area contributed by atoms with Gasteiger partial charge in [-0.25, -0.2) is 24.4 Å². The van der Waals surface area contributed by atoms with E-state index in [4.69, 9.17) is 15.2 Å². The van der Waals surface area contributed by atoms with Gasteiger partial charge in [0.05, 0.1) is 31.0 Å². The highest BCUT2D eigenvalue weighted by Gasteiger charge is 2.47. The summed E-state index contributed by atoms with van der Waals surface area (Å²) in [5, 5.41) is 2.21. The number of carbonyl (C=O) groups excluding carboxylic acids is 1. The molecule has 0 saturated carbocycles. The first kappa shape index (κ1) is 31.4. The third kappa shape index (κ3) is 7.98. The largest absolute Gasteiger partial charge is 0.465 e. The summed E-state index contributed by atoms with van der Waals surface area (Å²) in [7, 11) is -4.15. The molecule has 40 heavy (non-hydrogen) atoms. The third-order valence-corrected chi connectivity index (χ3v) is 8.56. The molecule has 0 spiro atoms. The molecular weight excluding hydrogens is 555 g/mol. The van der Waals surface area contributed by atoms with Gasteiger partial charge in [0.25, 0.3) is 0 Å². The second-order valence-electron chi connectivity index (χ2n) is 10.2. The van der Waals surface area contributed by atoms with Gasteiger partial charge in [-0.05, 0) is 44.9 Å².